The lowest BCUT2D eigenvalue weighted by Gasteiger charge is -2.26. The molecule has 20 heavy (non-hydrogen) atoms. The van der Waals surface area contributed by atoms with Crippen LogP contribution in [-0.4, -0.2) is 35.7 Å². The number of carbonyl (C=O) groups excluding carboxylic acids is 3. The molecule has 1 aliphatic rings. The summed E-state index contributed by atoms with van der Waals surface area (Å²) in [6.45, 7) is 0.607. The van der Waals surface area contributed by atoms with Gasteiger partial charge in [0.1, 0.15) is 0 Å². The zero-order valence-corrected chi connectivity index (χ0v) is 11.1. The lowest BCUT2D eigenvalue weighted by atomic mass is 10.1. The lowest BCUT2D eigenvalue weighted by Crippen LogP contribution is -2.40. The molecule has 1 heterocycles. The first-order valence-corrected chi connectivity index (χ1v) is 6.54. The average Bonchev–Trinajstić information content (AvgIpc) is 2.41. The standard InChI is InChI=1S/C14H17N3O3/c15-14(20)10-5-1-2-6-11(10)16-12(18)9-17-8-4-3-7-13(17)19/h1-2,5-6H,3-4,7-9H2,(H2,15,20)(H,16,18). The Morgan fingerprint density at radius 3 is 2.70 bits per heavy atom. The molecule has 0 saturated carbocycles. The third kappa shape index (κ3) is 3.34. The van der Waals surface area contributed by atoms with Crippen LogP contribution in [0.1, 0.15) is 29.6 Å². The number of amides is 3. The topological polar surface area (TPSA) is 92.5 Å². The number of benzene rings is 1. The molecule has 0 aromatic heterocycles. The highest BCUT2D eigenvalue weighted by Gasteiger charge is 2.21. The fraction of sp³-hybridized carbons (Fsp3) is 0.357. The van der Waals surface area contributed by atoms with Crippen molar-refractivity contribution in [2.24, 2.45) is 5.73 Å². The Balaban J connectivity index is 2.01. The Labute approximate surface area is 116 Å². The summed E-state index contributed by atoms with van der Waals surface area (Å²) in [5, 5.41) is 2.63. The van der Waals surface area contributed by atoms with Crippen LogP contribution in [0.15, 0.2) is 24.3 Å². The molecule has 2 rings (SSSR count). The largest absolute Gasteiger partial charge is 0.366 e. The van der Waals surface area contributed by atoms with E-state index in [1.54, 1.807) is 24.3 Å². The maximum Gasteiger partial charge on any atom is 0.250 e. The second-order valence-electron chi connectivity index (χ2n) is 4.73. The molecule has 1 saturated heterocycles. The fourth-order valence-electron chi connectivity index (χ4n) is 2.20. The van der Waals surface area contributed by atoms with E-state index in [1.807, 2.05) is 0 Å². The van der Waals surface area contributed by atoms with Crippen LogP contribution in [0, 0.1) is 0 Å². The lowest BCUT2D eigenvalue weighted by molar-refractivity contribution is -0.136. The van der Waals surface area contributed by atoms with Gasteiger partial charge in [0, 0.05) is 13.0 Å². The maximum atomic E-state index is 11.9. The molecule has 3 N–H and O–H groups in total. The third-order valence-electron chi connectivity index (χ3n) is 3.22. The van der Waals surface area contributed by atoms with Crippen molar-refractivity contribution in [2.75, 3.05) is 18.4 Å². The number of para-hydroxylation sites is 1. The van der Waals surface area contributed by atoms with Gasteiger partial charge in [0.2, 0.25) is 11.8 Å². The van der Waals surface area contributed by atoms with Gasteiger partial charge in [-0.2, -0.15) is 0 Å². The summed E-state index contributed by atoms with van der Waals surface area (Å²) in [4.78, 5) is 36.4. The predicted molar refractivity (Wildman–Crippen MR) is 74.0 cm³/mol. The van der Waals surface area contributed by atoms with Gasteiger partial charge in [-0.25, -0.2) is 0 Å². The number of nitrogens with one attached hydrogen (secondary N) is 1. The Kier molecular flexibility index (Phi) is 4.34. The highest BCUT2D eigenvalue weighted by Crippen LogP contribution is 2.15. The van der Waals surface area contributed by atoms with Crippen LogP contribution in [0.4, 0.5) is 5.69 Å². The van der Waals surface area contributed by atoms with Gasteiger partial charge in [-0.3, -0.25) is 14.4 Å². The zero-order chi connectivity index (χ0) is 14.5. The van der Waals surface area contributed by atoms with Crippen molar-refractivity contribution in [3.8, 4) is 0 Å². The van der Waals surface area contributed by atoms with Crippen LogP contribution >= 0.6 is 0 Å². The molecule has 1 aromatic carbocycles. The minimum atomic E-state index is -0.602. The van der Waals surface area contributed by atoms with E-state index in [1.165, 1.54) is 4.90 Å². The number of rotatable bonds is 4. The van der Waals surface area contributed by atoms with Crippen molar-refractivity contribution in [1.82, 2.24) is 4.90 Å². The van der Waals surface area contributed by atoms with E-state index in [-0.39, 0.29) is 23.9 Å². The summed E-state index contributed by atoms with van der Waals surface area (Å²) in [6, 6.07) is 6.53. The van der Waals surface area contributed by atoms with Gasteiger partial charge < -0.3 is 16.0 Å². The van der Waals surface area contributed by atoms with Crippen LogP contribution in [0.5, 0.6) is 0 Å². The van der Waals surface area contributed by atoms with E-state index in [0.29, 0.717) is 18.7 Å². The number of likely N-dealkylation sites (tertiary alicyclic amines) is 1. The Morgan fingerprint density at radius 2 is 2.00 bits per heavy atom. The third-order valence-corrected chi connectivity index (χ3v) is 3.22. The molecule has 1 fully saturated rings. The van der Waals surface area contributed by atoms with Crippen LogP contribution in [-0.2, 0) is 9.59 Å². The van der Waals surface area contributed by atoms with E-state index in [9.17, 15) is 14.4 Å². The number of nitrogens with two attached hydrogens (primary N) is 1. The predicted octanol–water partition coefficient (Wildman–Crippen LogP) is 0.736. The van der Waals surface area contributed by atoms with Crippen molar-refractivity contribution in [1.29, 1.82) is 0 Å². The van der Waals surface area contributed by atoms with Gasteiger partial charge >= 0.3 is 0 Å². The maximum absolute atomic E-state index is 11.9. The first-order chi connectivity index (χ1) is 9.58. The first kappa shape index (κ1) is 14.0. The van der Waals surface area contributed by atoms with Gasteiger partial charge in [0.25, 0.3) is 5.91 Å². The van der Waals surface area contributed by atoms with E-state index < -0.39 is 5.91 Å². The Hall–Kier alpha value is -2.37. The van der Waals surface area contributed by atoms with Gasteiger partial charge in [0.05, 0.1) is 17.8 Å². The molecular formula is C14H17N3O3. The number of nitrogens with zero attached hydrogens (tertiary/aromatic N) is 1. The van der Waals surface area contributed by atoms with Gasteiger partial charge in [0.15, 0.2) is 0 Å². The van der Waals surface area contributed by atoms with Crippen molar-refractivity contribution in [2.45, 2.75) is 19.3 Å². The van der Waals surface area contributed by atoms with Crippen LogP contribution in [0.25, 0.3) is 0 Å². The number of piperidine rings is 1. The van der Waals surface area contributed by atoms with E-state index in [2.05, 4.69) is 5.32 Å². The zero-order valence-electron chi connectivity index (χ0n) is 11.1. The quantitative estimate of drug-likeness (QED) is 0.848. The molecule has 0 spiro atoms. The summed E-state index contributed by atoms with van der Waals surface area (Å²) in [7, 11) is 0. The van der Waals surface area contributed by atoms with Crippen LogP contribution in [0.2, 0.25) is 0 Å². The summed E-state index contributed by atoms with van der Waals surface area (Å²) in [5.74, 6) is -0.932. The van der Waals surface area contributed by atoms with Gasteiger partial charge in [-0.1, -0.05) is 12.1 Å². The number of primary amides is 1. The molecule has 3 amide bonds. The summed E-state index contributed by atoms with van der Waals surface area (Å²) in [6.07, 6.45) is 2.28. The molecule has 6 nitrogen and oxygen atoms in total. The molecule has 0 bridgehead atoms. The molecular weight excluding hydrogens is 258 g/mol. The van der Waals surface area contributed by atoms with E-state index in [4.69, 9.17) is 5.73 Å². The number of carbonyl (C=O) groups is 3. The van der Waals surface area contributed by atoms with Crippen molar-refractivity contribution < 1.29 is 14.4 Å². The summed E-state index contributed by atoms with van der Waals surface area (Å²) < 4.78 is 0. The summed E-state index contributed by atoms with van der Waals surface area (Å²) >= 11 is 0. The fourth-order valence-corrected chi connectivity index (χ4v) is 2.20. The van der Waals surface area contributed by atoms with Crippen LogP contribution in [0.3, 0.4) is 0 Å². The van der Waals surface area contributed by atoms with Crippen molar-refractivity contribution >= 4 is 23.4 Å². The minimum Gasteiger partial charge on any atom is -0.366 e. The smallest absolute Gasteiger partial charge is 0.250 e. The second kappa shape index (κ2) is 6.18. The normalized spacial score (nSPS) is 15.0. The molecule has 0 radical (unpaired) electrons. The summed E-state index contributed by atoms with van der Waals surface area (Å²) in [5.41, 5.74) is 5.87. The molecule has 6 heteroatoms. The molecule has 0 aliphatic carbocycles. The number of hydrogen-bond donors (Lipinski definition) is 2. The van der Waals surface area contributed by atoms with Crippen LogP contribution < -0.4 is 11.1 Å². The molecule has 0 atom stereocenters. The Morgan fingerprint density at radius 1 is 1.25 bits per heavy atom. The minimum absolute atomic E-state index is 0.00501. The van der Waals surface area contributed by atoms with Gasteiger partial charge in [-0.05, 0) is 25.0 Å². The average molecular weight is 275 g/mol. The van der Waals surface area contributed by atoms with E-state index in [0.717, 1.165) is 12.8 Å². The van der Waals surface area contributed by atoms with E-state index >= 15 is 0 Å². The second-order valence-corrected chi connectivity index (χ2v) is 4.73. The monoisotopic (exact) mass is 275 g/mol. The first-order valence-electron chi connectivity index (χ1n) is 6.54. The molecule has 0 unspecified atom stereocenters. The van der Waals surface area contributed by atoms with Crippen molar-refractivity contribution in [3.63, 3.8) is 0 Å². The molecule has 106 valence electrons. The molecule has 1 aromatic rings. The number of hydrogen-bond acceptors (Lipinski definition) is 3. The number of anilines is 1. The van der Waals surface area contributed by atoms with Crippen molar-refractivity contribution in [3.05, 3.63) is 29.8 Å². The highest BCUT2D eigenvalue weighted by atomic mass is 16.2. The SMILES string of the molecule is NC(=O)c1ccccc1NC(=O)CN1CCCCC1=O. The van der Waals surface area contributed by atoms with Gasteiger partial charge in [-0.15, -0.1) is 0 Å². The molecule has 1 aliphatic heterocycles. The highest BCUT2D eigenvalue weighted by molar-refractivity contribution is 6.03. The Bertz CT molecular complexity index is 542.